The zero-order chi connectivity index (χ0) is 14.4. The van der Waals surface area contributed by atoms with Gasteiger partial charge in [0.05, 0.1) is 5.69 Å². The van der Waals surface area contributed by atoms with E-state index in [1.165, 1.54) is 0 Å². The Kier molecular flexibility index (Phi) is 4.62. The topological polar surface area (TPSA) is 96.4 Å². The van der Waals surface area contributed by atoms with Crippen LogP contribution in [0.1, 0.15) is 22.6 Å². The first-order valence-corrected chi connectivity index (χ1v) is 6.25. The highest BCUT2D eigenvalue weighted by Crippen LogP contribution is 2.05. The zero-order valence-corrected chi connectivity index (χ0v) is 11.2. The first kappa shape index (κ1) is 14.0. The average molecular weight is 271 g/mol. The van der Waals surface area contributed by atoms with Crippen molar-refractivity contribution in [3.63, 3.8) is 0 Å². The molecular weight excluding hydrogens is 254 g/mol. The smallest absolute Gasteiger partial charge is 0.170 e. The van der Waals surface area contributed by atoms with Crippen LogP contribution in [0.4, 0.5) is 0 Å². The lowest BCUT2D eigenvalue weighted by atomic mass is 10.1. The third-order valence-electron chi connectivity index (χ3n) is 2.80. The monoisotopic (exact) mass is 271 g/mol. The van der Waals surface area contributed by atoms with Crippen LogP contribution in [0, 0.1) is 6.92 Å². The number of amidine groups is 1. The molecule has 0 aliphatic rings. The Morgan fingerprint density at radius 3 is 2.95 bits per heavy atom. The summed E-state index contributed by atoms with van der Waals surface area (Å²) in [6.45, 7) is 3.21. The molecule has 104 valence electrons. The van der Waals surface area contributed by atoms with Crippen LogP contribution in [-0.2, 0) is 13.1 Å². The van der Waals surface area contributed by atoms with Gasteiger partial charge in [-0.25, -0.2) is 9.97 Å². The van der Waals surface area contributed by atoms with Gasteiger partial charge in [0.15, 0.2) is 5.84 Å². The molecule has 0 atom stereocenters. The summed E-state index contributed by atoms with van der Waals surface area (Å²) in [4.78, 5) is 8.37. The Morgan fingerprint density at radius 2 is 2.20 bits per heavy atom. The average Bonchev–Trinajstić information content (AvgIpc) is 2.47. The second kappa shape index (κ2) is 6.63. The standard InChI is InChI=1S/C14H17N5O/c1-10-17-6-5-13(18-10)9-16-8-11-3-2-4-12(7-11)14(15)19-20/h2-7,16,20H,8-9H2,1H3,(H2,15,19). The van der Waals surface area contributed by atoms with Crippen LogP contribution >= 0.6 is 0 Å². The number of aromatic nitrogens is 2. The molecule has 0 aliphatic carbocycles. The van der Waals surface area contributed by atoms with E-state index >= 15 is 0 Å². The summed E-state index contributed by atoms with van der Waals surface area (Å²) in [7, 11) is 0. The van der Waals surface area contributed by atoms with Crippen molar-refractivity contribution in [1.29, 1.82) is 0 Å². The van der Waals surface area contributed by atoms with Gasteiger partial charge in [0.25, 0.3) is 0 Å². The maximum absolute atomic E-state index is 8.66. The Balaban J connectivity index is 1.94. The van der Waals surface area contributed by atoms with Crippen molar-refractivity contribution in [2.45, 2.75) is 20.0 Å². The Morgan fingerprint density at radius 1 is 1.35 bits per heavy atom. The van der Waals surface area contributed by atoms with Gasteiger partial charge in [-0.1, -0.05) is 23.4 Å². The van der Waals surface area contributed by atoms with Gasteiger partial charge < -0.3 is 16.3 Å². The Bertz CT molecular complexity index is 612. The number of oxime groups is 1. The summed E-state index contributed by atoms with van der Waals surface area (Å²) in [5.41, 5.74) is 8.27. The normalized spacial score (nSPS) is 11.6. The van der Waals surface area contributed by atoms with Crippen LogP contribution in [0.2, 0.25) is 0 Å². The van der Waals surface area contributed by atoms with Crippen molar-refractivity contribution < 1.29 is 5.21 Å². The summed E-state index contributed by atoms with van der Waals surface area (Å²) < 4.78 is 0. The van der Waals surface area contributed by atoms with E-state index in [1.54, 1.807) is 12.3 Å². The van der Waals surface area contributed by atoms with E-state index in [4.69, 9.17) is 10.9 Å². The van der Waals surface area contributed by atoms with Gasteiger partial charge in [0.1, 0.15) is 5.82 Å². The van der Waals surface area contributed by atoms with Crippen LogP contribution in [0.5, 0.6) is 0 Å². The first-order valence-electron chi connectivity index (χ1n) is 6.25. The molecule has 0 amide bonds. The molecule has 20 heavy (non-hydrogen) atoms. The van der Waals surface area contributed by atoms with Gasteiger partial charge in [-0.05, 0) is 24.6 Å². The lowest BCUT2D eigenvalue weighted by Crippen LogP contribution is -2.16. The van der Waals surface area contributed by atoms with E-state index < -0.39 is 0 Å². The van der Waals surface area contributed by atoms with Crippen LogP contribution in [0.15, 0.2) is 41.7 Å². The fraction of sp³-hybridized carbons (Fsp3) is 0.214. The van der Waals surface area contributed by atoms with Crippen molar-refractivity contribution in [2.75, 3.05) is 0 Å². The molecule has 0 fully saturated rings. The molecule has 6 heteroatoms. The molecule has 4 N–H and O–H groups in total. The zero-order valence-electron chi connectivity index (χ0n) is 11.2. The van der Waals surface area contributed by atoms with E-state index in [0.717, 1.165) is 17.1 Å². The molecule has 0 unspecified atom stereocenters. The maximum atomic E-state index is 8.66. The maximum Gasteiger partial charge on any atom is 0.170 e. The predicted molar refractivity (Wildman–Crippen MR) is 76.3 cm³/mol. The molecule has 1 aromatic carbocycles. The van der Waals surface area contributed by atoms with E-state index in [-0.39, 0.29) is 5.84 Å². The third-order valence-corrected chi connectivity index (χ3v) is 2.80. The fourth-order valence-electron chi connectivity index (χ4n) is 1.84. The van der Waals surface area contributed by atoms with Crippen LogP contribution in [0.3, 0.4) is 0 Å². The van der Waals surface area contributed by atoms with E-state index in [0.29, 0.717) is 18.7 Å². The second-order valence-corrected chi connectivity index (χ2v) is 4.38. The second-order valence-electron chi connectivity index (χ2n) is 4.38. The molecule has 1 aromatic heterocycles. The number of rotatable bonds is 5. The highest BCUT2D eigenvalue weighted by molar-refractivity contribution is 5.97. The molecule has 2 rings (SSSR count). The molecule has 0 bridgehead atoms. The van der Waals surface area contributed by atoms with Crippen molar-refractivity contribution in [1.82, 2.24) is 15.3 Å². The molecule has 2 aromatic rings. The summed E-state index contributed by atoms with van der Waals surface area (Å²) in [5, 5.41) is 15.0. The van der Waals surface area contributed by atoms with Gasteiger partial charge in [-0.2, -0.15) is 0 Å². The molecular formula is C14H17N5O. The van der Waals surface area contributed by atoms with Crippen molar-refractivity contribution in [3.05, 3.63) is 59.2 Å². The van der Waals surface area contributed by atoms with Gasteiger partial charge in [-0.15, -0.1) is 0 Å². The molecule has 0 saturated heterocycles. The third kappa shape index (κ3) is 3.76. The fourth-order valence-corrected chi connectivity index (χ4v) is 1.84. The van der Waals surface area contributed by atoms with Gasteiger partial charge >= 0.3 is 0 Å². The van der Waals surface area contributed by atoms with Crippen molar-refractivity contribution >= 4 is 5.84 Å². The number of benzene rings is 1. The molecule has 0 radical (unpaired) electrons. The largest absolute Gasteiger partial charge is 0.409 e. The first-order chi connectivity index (χ1) is 9.69. The van der Waals surface area contributed by atoms with Crippen LogP contribution in [-0.4, -0.2) is 21.0 Å². The Labute approximate surface area is 117 Å². The molecule has 6 nitrogen and oxygen atoms in total. The minimum absolute atomic E-state index is 0.110. The number of nitrogens with zero attached hydrogens (tertiary/aromatic N) is 3. The summed E-state index contributed by atoms with van der Waals surface area (Å²) in [6.07, 6.45) is 1.75. The van der Waals surface area contributed by atoms with E-state index in [9.17, 15) is 0 Å². The minimum atomic E-state index is 0.110. The van der Waals surface area contributed by atoms with Crippen molar-refractivity contribution in [3.8, 4) is 0 Å². The van der Waals surface area contributed by atoms with Crippen LogP contribution < -0.4 is 11.1 Å². The number of hydrogen-bond acceptors (Lipinski definition) is 5. The van der Waals surface area contributed by atoms with E-state index in [2.05, 4.69) is 20.4 Å². The number of nitrogens with two attached hydrogens (primary N) is 1. The number of hydrogen-bond donors (Lipinski definition) is 3. The molecule has 0 aliphatic heterocycles. The highest BCUT2D eigenvalue weighted by Gasteiger charge is 2.01. The lowest BCUT2D eigenvalue weighted by molar-refractivity contribution is 0.318. The van der Waals surface area contributed by atoms with Gasteiger partial charge in [0, 0.05) is 24.8 Å². The summed E-state index contributed by atoms with van der Waals surface area (Å²) >= 11 is 0. The lowest BCUT2D eigenvalue weighted by Gasteiger charge is -2.06. The highest BCUT2D eigenvalue weighted by atomic mass is 16.4. The SMILES string of the molecule is Cc1nccc(CNCc2cccc(C(N)=NO)c2)n1. The Hall–Kier alpha value is -2.47. The molecule has 0 saturated carbocycles. The number of nitrogens with one attached hydrogen (secondary N) is 1. The van der Waals surface area contributed by atoms with E-state index in [1.807, 2.05) is 31.2 Å². The summed E-state index contributed by atoms with van der Waals surface area (Å²) in [6, 6.07) is 9.41. The predicted octanol–water partition coefficient (Wildman–Crippen LogP) is 1.17. The quantitative estimate of drug-likeness (QED) is 0.328. The molecule has 0 spiro atoms. The summed E-state index contributed by atoms with van der Waals surface area (Å²) in [5.74, 6) is 0.872. The van der Waals surface area contributed by atoms with Gasteiger partial charge in [0.2, 0.25) is 0 Å². The minimum Gasteiger partial charge on any atom is -0.409 e. The van der Waals surface area contributed by atoms with Gasteiger partial charge in [-0.3, -0.25) is 0 Å². The van der Waals surface area contributed by atoms with Crippen LogP contribution in [0.25, 0.3) is 0 Å². The molecule has 1 heterocycles. The van der Waals surface area contributed by atoms with Crippen molar-refractivity contribution in [2.24, 2.45) is 10.9 Å². The number of aryl methyl sites for hydroxylation is 1.